The van der Waals surface area contributed by atoms with Gasteiger partial charge < -0.3 is 10.3 Å². The van der Waals surface area contributed by atoms with Gasteiger partial charge in [0.15, 0.2) is 0 Å². The highest BCUT2D eigenvalue weighted by Crippen LogP contribution is 2.26. The Bertz CT molecular complexity index is 510. The van der Waals surface area contributed by atoms with E-state index in [0.29, 0.717) is 0 Å². The maximum absolute atomic E-state index is 12.2. The summed E-state index contributed by atoms with van der Waals surface area (Å²) >= 11 is 0. The van der Waals surface area contributed by atoms with Crippen molar-refractivity contribution in [2.24, 2.45) is 5.73 Å². The number of aromatic nitrogens is 2. The maximum atomic E-state index is 12.2. The summed E-state index contributed by atoms with van der Waals surface area (Å²) in [5.74, 6) is -1.41. The summed E-state index contributed by atoms with van der Waals surface area (Å²) in [7, 11) is 0. The number of nitrogens with two attached hydrogens (primary N) is 1. The first-order valence-corrected chi connectivity index (χ1v) is 5.17. The van der Waals surface area contributed by atoms with Crippen LogP contribution in [0.4, 0.5) is 13.2 Å². The van der Waals surface area contributed by atoms with Gasteiger partial charge in [-0.15, -0.1) is 0 Å². The van der Waals surface area contributed by atoms with Gasteiger partial charge in [-0.05, 0) is 5.56 Å². The van der Waals surface area contributed by atoms with Crippen LogP contribution in [0.1, 0.15) is 23.3 Å². The highest BCUT2D eigenvalue weighted by Gasteiger charge is 2.37. The molecule has 0 saturated carbocycles. The average Bonchev–Trinajstić information content (AvgIpc) is 2.78. The molecule has 7 heteroatoms. The Morgan fingerprint density at radius 1 is 1.22 bits per heavy atom. The molecule has 2 aromatic rings. The molecule has 1 aromatic heterocycles. The molecule has 96 valence electrons. The summed E-state index contributed by atoms with van der Waals surface area (Å²) in [5, 5.41) is 2.87. The second-order valence-electron chi connectivity index (χ2n) is 3.73. The molecule has 0 aliphatic carbocycles. The van der Waals surface area contributed by atoms with Crippen LogP contribution in [0.25, 0.3) is 0 Å². The highest BCUT2D eigenvalue weighted by molar-refractivity contribution is 5.19. The van der Waals surface area contributed by atoms with Crippen molar-refractivity contribution in [1.82, 2.24) is 10.1 Å². The summed E-state index contributed by atoms with van der Waals surface area (Å²) in [4.78, 5) is 3.26. The van der Waals surface area contributed by atoms with Crippen LogP contribution in [-0.4, -0.2) is 10.1 Å². The summed E-state index contributed by atoms with van der Waals surface area (Å²) in [6, 6.07) is 8.50. The standard InChI is InChI=1S/C11H10F3N3O/c12-11(13,14)10-16-9(18-17-10)6-8(15)7-4-2-1-3-5-7/h1-5,8H,6,15H2. The molecule has 0 aliphatic rings. The molecule has 0 aliphatic heterocycles. The van der Waals surface area contributed by atoms with E-state index in [2.05, 4.69) is 14.7 Å². The largest absolute Gasteiger partial charge is 0.455 e. The second-order valence-corrected chi connectivity index (χ2v) is 3.73. The lowest BCUT2D eigenvalue weighted by Crippen LogP contribution is -2.14. The lowest BCUT2D eigenvalue weighted by atomic mass is 10.1. The number of hydrogen-bond donors (Lipinski definition) is 1. The van der Waals surface area contributed by atoms with Gasteiger partial charge >= 0.3 is 6.18 Å². The van der Waals surface area contributed by atoms with Crippen LogP contribution < -0.4 is 5.73 Å². The molecule has 0 saturated heterocycles. The first kappa shape index (κ1) is 12.6. The van der Waals surface area contributed by atoms with Crippen molar-refractivity contribution < 1.29 is 17.7 Å². The predicted octanol–water partition coefficient (Wildman–Crippen LogP) is 2.33. The molecule has 0 amide bonds. The minimum absolute atomic E-state index is 0.0626. The molecule has 0 radical (unpaired) electrons. The van der Waals surface area contributed by atoms with Crippen molar-refractivity contribution in [2.75, 3.05) is 0 Å². The summed E-state index contributed by atoms with van der Waals surface area (Å²) in [5.41, 5.74) is 6.63. The minimum Gasteiger partial charge on any atom is -0.339 e. The zero-order chi connectivity index (χ0) is 13.2. The summed E-state index contributed by atoms with van der Waals surface area (Å²) < 4.78 is 41.3. The van der Waals surface area contributed by atoms with Crippen molar-refractivity contribution in [3.8, 4) is 0 Å². The van der Waals surface area contributed by atoms with E-state index in [1.165, 1.54) is 0 Å². The van der Waals surface area contributed by atoms with Gasteiger partial charge in [0, 0.05) is 12.5 Å². The summed E-state index contributed by atoms with van der Waals surface area (Å²) in [6.45, 7) is 0. The van der Waals surface area contributed by atoms with E-state index in [1.807, 2.05) is 6.07 Å². The number of nitrogens with zero attached hydrogens (tertiary/aromatic N) is 2. The molecule has 1 atom stereocenters. The fraction of sp³-hybridized carbons (Fsp3) is 0.273. The maximum Gasteiger partial charge on any atom is 0.455 e. The van der Waals surface area contributed by atoms with E-state index in [-0.39, 0.29) is 12.3 Å². The Morgan fingerprint density at radius 2 is 1.89 bits per heavy atom. The molecule has 1 unspecified atom stereocenters. The molecule has 18 heavy (non-hydrogen) atoms. The third kappa shape index (κ3) is 2.86. The Morgan fingerprint density at radius 3 is 2.44 bits per heavy atom. The number of benzene rings is 1. The first-order valence-electron chi connectivity index (χ1n) is 5.17. The van der Waals surface area contributed by atoms with Crippen LogP contribution in [0, 0.1) is 0 Å². The van der Waals surface area contributed by atoms with Crippen LogP contribution in [0.3, 0.4) is 0 Å². The molecule has 2 rings (SSSR count). The number of hydrogen-bond acceptors (Lipinski definition) is 4. The van der Waals surface area contributed by atoms with E-state index < -0.39 is 18.0 Å². The molecular weight excluding hydrogens is 247 g/mol. The zero-order valence-electron chi connectivity index (χ0n) is 9.19. The minimum atomic E-state index is -4.60. The van der Waals surface area contributed by atoms with Gasteiger partial charge in [0.25, 0.3) is 5.82 Å². The predicted molar refractivity (Wildman–Crippen MR) is 56.4 cm³/mol. The van der Waals surface area contributed by atoms with Crippen LogP contribution in [0.5, 0.6) is 0 Å². The van der Waals surface area contributed by atoms with Gasteiger partial charge in [-0.3, -0.25) is 0 Å². The van der Waals surface area contributed by atoms with E-state index in [1.54, 1.807) is 24.3 Å². The highest BCUT2D eigenvalue weighted by atomic mass is 19.4. The Kier molecular flexibility index (Phi) is 3.33. The van der Waals surface area contributed by atoms with Gasteiger partial charge in [0.05, 0.1) is 0 Å². The molecule has 1 aromatic carbocycles. The molecule has 2 N–H and O–H groups in total. The van der Waals surface area contributed by atoms with Crippen molar-refractivity contribution in [3.63, 3.8) is 0 Å². The van der Waals surface area contributed by atoms with Gasteiger partial charge in [-0.2, -0.15) is 18.2 Å². The Hall–Kier alpha value is -1.89. The molecule has 0 bridgehead atoms. The van der Waals surface area contributed by atoms with E-state index >= 15 is 0 Å². The molecule has 1 heterocycles. The van der Waals surface area contributed by atoms with Crippen LogP contribution >= 0.6 is 0 Å². The molecule has 0 fully saturated rings. The van der Waals surface area contributed by atoms with Crippen LogP contribution in [-0.2, 0) is 12.6 Å². The topological polar surface area (TPSA) is 64.9 Å². The molecule has 4 nitrogen and oxygen atoms in total. The van der Waals surface area contributed by atoms with Crippen molar-refractivity contribution in [3.05, 3.63) is 47.6 Å². The fourth-order valence-corrected chi connectivity index (χ4v) is 1.46. The third-order valence-corrected chi connectivity index (χ3v) is 2.34. The van der Waals surface area contributed by atoms with Crippen molar-refractivity contribution in [1.29, 1.82) is 0 Å². The van der Waals surface area contributed by atoms with Crippen LogP contribution in [0.15, 0.2) is 34.9 Å². The number of rotatable bonds is 3. The first-order chi connectivity index (χ1) is 8.47. The molecule has 0 spiro atoms. The Balaban J connectivity index is 2.08. The molecular formula is C11H10F3N3O. The van der Waals surface area contributed by atoms with Gasteiger partial charge in [-0.25, -0.2) is 0 Å². The van der Waals surface area contributed by atoms with Gasteiger partial charge in [0.2, 0.25) is 5.89 Å². The monoisotopic (exact) mass is 257 g/mol. The zero-order valence-corrected chi connectivity index (χ0v) is 9.19. The van der Waals surface area contributed by atoms with Crippen molar-refractivity contribution >= 4 is 0 Å². The smallest absolute Gasteiger partial charge is 0.339 e. The van der Waals surface area contributed by atoms with Gasteiger partial charge in [0.1, 0.15) is 0 Å². The lowest BCUT2D eigenvalue weighted by molar-refractivity contribution is -0.146. The normalized spacial score (nSPS) is 13.6. The summed E-state index contributed by atoms with van der Waals surface area (Å²) in [6.07, 6.45) is -4.54. The quantitative estimate of drug-likeness (QED) is 0.916. The van der Waals surface area contributed by atoms with Gasteiger partial charge in [-0.1, -0.05) is 35.5 Å². The SMILES string of the molecule is NC(Cc1nc(C(F)(F)F)no1)c1ccccc1. The fourth-order valence-electron chi connectivity index (χ4n) is 1.46. The average molecular weight is 257 g/mol. The van der Waals surface area contributed by atoms with E-state index in [4.69, 9.17) is 5.73 Å². The third-order valence-electron chi connectivity index (χ3n) is 2.34. The second kappa shape index (κ2) is 4.77. The lowest BCUT2D eigenvalue weighted by Gasteiger charge is -2.08. The number of halogens is 3. The van der Waals surface area contributed by atoms with Crippen molar-refractivity contribution in [2.45, 2.75) is 18.6 Å². The van der Waals surface area contributed by atoms with E-state index in [0.717, 1.165) is 5.56 Å². The Labute approximate surface area is 101 Å². The number of alkyl halides is 3. The van der Waals surface area contributed by atoms with Crippen LogP contribution in [0.2, 0.25) is 0 Å². The van der Waals surface area contributed by atoms with E-state index in [9.17, 15) is 13.2 Å².